The molecule has 1 fully saturated rings. The third-order valence-corrected chi connectivity index (χ3v) is 9.91. The molecule has 0 bridgehead atoms. The maximum atomic E-state index is 14.1. The van der Waals surface area contributed by atoms with Crippen LogP contribution in [0.2, 0.25) is 0 Å². The van der Waals surface area contributed by atoms with Crippen LogP contribution in [0.25, 0.3) is 5.76 Å². The van der Waals surface area contributed by atoms with Crippen LogP contribution in [0.15, 0.2) is 29.0 Å². The van der Waals surface area contributed by atoms with Crippen molar-refractivity contribution in [3.63, 3.8) is 0 Å². The van der Waals surface area contributed by atoms with Gasteiger partial charge in [-0.2, -0.15) is 0 Å². The number of nitrogens with one attached hydrogen (secondary N) is 1. The Bertz CT molecular complexity index is 1470. The number of ketones is 2. The first kappa shape index (κ1) is 35.1. The summed E-state index contributed by atoms with van der Waals surface area (Å²) in [5, 5.41) is 59.9. The number of aliphatic hydroxyl groups excluding tert-OH is 3. The lowest BCUT2D eigenvalue weighted by atomic mass is 9.54. The molecule has 0 saturated heterocycles. The number of aromatic hydroxyl groups is 1. The third-order valence-electron chi connectivity index (χ3n) is 9.91. The molecule has 3 aliphatic carbocycles. The number of hydrogen-bond acceptors (Lipinski definition) is 10. The summed E-state index contributed by atoms with van der Waals surface area (Å²) in [6.45, 7) is 3.83. The van der Waals surface area contributed by atoms with Crippen molar-refractivity contribution in [1.29, 1.82) is 0 Å². The fourth-order valence-electron chi connectivity index (χ4n) is 7.53. The number of aliphatic hydroxyl groups is 4. The van der Waals surface area contributed by atoms with E-state index >= 15 is 0 Å². The number of rotatable bonds is 13. The number of benzene rings is 1. The van der Waals surface area contributed by atoms with Crippen molar-refractivity contribution >= 4 is 34.8 Å². The lowest BCUT2D eigenvalue weighted by Crippen LogP contribution is -2.70. The number of phenolic OH excluding ortho intramolecular Hbond substituents is 1. The normalized spacial score (nSPS) is 27.4. The van der Waals surface area contributed by atoms with E-state index < -0.39 is 81.4 Å². The average Bonchev–Trinajstić information content (AvgIpc) is 2.99. The molecule has 0 spiro atoms. The highest BCUT2D eigenvalue weighted by molar-refractivity contribution is 6.24. The van der Waals surface area contributed by atoms with E-state index in [1.54, 1.807) is 13.0 Å². The van der Waals surface area contributed by atoms with Gasteiger partial charge in [0.25, 0.3) is 5.91 Å². The molecule has 0 heterocycles. The number of carbonyl (C=O) groups excluding carboxylic acids is 4. The van der Waals surface area contributed by atoms with Gasteiger partial charge in [0, 0.05) is 17.9 Å². The summed E-state index contributed by atoms with van der Waals surface area (Å²) in [7, 11) is 2.90. The van der Waals surface area contributed by atoms with E-state index in [9.17, 15) is 44.7 Å². The van der Waals surface area contributed by atoms with Gasteiger partial charge >= 0.3 is 0 Å². The maximum Gasteiger partial charge on any atom is 0.255 e. The van der Waals surface area contributed by atoms with Gasteiger partial charge in [-0.25, -0.2) is 0 Å². The zero-order valence-electron chi connectivity index (χ0n) is 27.0. The van der Waals surface area contributed by atoms with Crippen LogP contribution in [0.5, 0.6) is 5.75 Å². The first-order chi connectivity index (χ1) is 21.7. The number of primary amides is 1. The minimum Gasteiger partial charge on any atom is -0.508 e. The van der Waals surface area contributed by atoms with Gasteiger partial charge in [-0.1, -0.05) is 71.3 Å². The van der Waals surface area contributed by atoms with Gasteiger partial charge in [0.2, 0.25) is 11.7 Å². The highest BCUT2D eigenvalue weighted by Crippen LogP contribution is 2.56. The van der Waals surface area contributed by atoms with E-state index in [0.717, 1.165) is 19.3 Å². The zero-order valence-corrected chi connectivity index (χ0v) is 27.0. The predicted molar refractivity (Wildman–Crippen MR) is 171 cm³/mol. The molecular formula is C34H47N3O9. The van der Waals surface area contributed by atoms with Crippen LogP contribution in [0.1, 0.15) is 95.1 Å². The molecule has 6 atom stereocenters. The van der Waals surface area contributed by atoms with Crippen LogP contribution in [-0.4, -0.2) is 85.7 Å². The van der Waals surface area contributed by atoms with E-state index in [2.05, 4.69) is 12.2 Å². The monoisotopic (exact) mass is 641 g/mol. The van der Waals surface area contributed by atoms with Crippen LogP contribution in [0.3, 0.4) is 0 Å². The van der Waals surface area contributed by atoms with E-state index in [-0.39, 0.29) is 23.6 Å². The molecular weight excluding hydrogens is 594 g/mol. The lowest BCUT2D eigenvalue weighted by Gasteiger charge is -2.53. The summed E-state index contributed by atoms with van der Waals surface area (Å²) in [5.74, 6) is -9.97. The van der Waals surface area contributed by atoms with Crippen LogP contribution in [-0.2, 0) is 19.2 Å². The Morgan fingerprint density at radius 3 is 2.13 bits per heavy atom. The largest absolute Gasteiger partial charge is 0.508 e. The Kier molecular flexibility index (Phi) is 10.6. The third kappa shape index (κ3) is 5.93. The molecule has 252 valence electrons. The SMILES string of the molecule is CCCCCCCCCCCC(=O)Nc1ccc2c(c1O)C(O)=C1C(=O)[C@]3(O)C(O)=C(C(N)=O)C(=O)[C@@H](N(C)C)C3[C@@H](O)C1[C@H]2C. The zero-order chi connectivity index (χ0) is 34.1. The number of phenols is 1. The van der Waals surface area contributed by atoms with E-state index in [1.807, 2.05) is 0 Å². The van der Waals surface area contributed by atoms with Crippen molar-refractivity contribution in [1.82, 2.24) is 4.90 Å². The van der Waals surface area contributed by atoms with E-state index in [1.165, 1.54) is 57.2 Å². The highest BCUT2D eigenvalue weighted by Gasteiger charge is 2.68. The Morgan fingerprint density at radius 2 is 1.57 bits per heavy atom. The fourth-order valence-corrected chi connectivity index (χ4v) is 7.53. The number of amides is 2. The molecule has 1 saturated carbocycles. The Balaban J connectivity index is 1.62. The number of hydrogen-bond donors (Lipinski definition) is 7. The van der Waals surface area contributed by atoms with Crippen LogP contribution in [0, 0.1) is 11.8 Å². The molecule has 1 aromatic carbocycles. The van der Waals surface area contributed by atoms with Crippen LogP contribution < -0.4 is 11.1 Å². The van der Waals surface area contributed by atoms with Crippen LogP contribution >= 0.6 is 0 Å². The molecule has 0 radical (unpaired) electrons. The highest BCUT2D eigenvalue weighted by atomic mass is 16.4. The van der Waals surface area contributed by atoms with Gasteiger partial charge in [0.05, 0.1) is 29.3 Å². The minimum absolute atomic E-state index is 0.00700. The number of nitrogens with two attached hydrogens (primary N) is 1. The summed E-state index contributed by atoms with van der Waals surface area (Å²) in [5.41, 5.74) is 1.11. The number of Topliss-reactive ketones (excluding diaryl/α,β-unsaturated/α-hetero) is 2. The smallest absolute Gasteiger partial charge is 0.255 e. The molecule has 12 nitrogen and oxygen atoms in total. The van der Waals surface area contributed by atoms with Gasteiger partial charge in [0.15, 0.2) is 11.4 Å². The molecule has 2 unspecified atom stereocenters. The number of unbranched alkanes of at least 4 members (excludes halogenated alkanes) is 8. The van der Waals surface area contributed by atoms with Crippen molar-refractivity contribution in [3.05, 3.63) is 40.2 Å². The predicted octanol–water partition coefficient (Wildman–Crippen LogP) is 3.36. The molecule has 0 aliphatic heterocycles. The number of carbonyl (C=O) groups is 4. The maximum absolute atomic E-state index is 14.1. The molecule has 2 amide bonds. The summed E-state index contributed by atoms with van der Waals surface area (Å²) < 4.78 is 0. The van der Waals surface area contributed by atoms with Crippen LogP contribution in [0.4, 0.5) is 5.69 Å². The van der Waals surface area contributed by atoms with Gasteiger partial charge in [-0.3, -0.25) is 24.1 Å². The average molecular weight is 642 g/mol. The summed E-state index contributed by atoms with van der Waals surface area (Å²) in [6, 6.07) is 1.62. The molecule has 12 heteroatoms. The molecule has 8 N–H and O–H groups in total. The second kappa shape index (κ2) is 13.9. The van der Waals surface area contributed by atoms with Gasteiger partial charge in [0.1, 0.15) is 22.8 Å². The number of likely N-dealkylation sites (N-methyl/N-ethyl adjacent to an activating group) is 1. The Morgan fingerprint density at radius 1 is 0.978 bits per heavy atom. The second-order valence-corrected chi connectivity index (χ2v) is 13.1. The molecule has 46 heavy (non-hydrogen) atoms. The van der Waals surface area contributed by atoms with Crippen molar-refractivity contribution in [2.24, 2.45) is 17.6 Å². The quantitative estimate of drug-likeness (QED) is 0.0948. The topological polar surface area (TPSA) is 211 Å². The van der Waals surface area contributed by atoms with Gasteiger partial charge < -0.3 is 36.6 Å². The lowest BCUT2D eigenvalue weighted by molar-refractivity contribution is -0.169. The van der Waals surface area contributed by atoms with Gasteiger partial charge in [-0.05, 0) is 38.1 Å². The Hall–Kier alpha value is -3.74. The summed E-state index contributed by atoms with van der Waals surface area (Å²) in [6.07, 6.45) is 8.40. The minimum atomic E-state index is -2.99. The van der Waals surface area contributed by atoms with E-state index in [0.29, 0.717) is 12.0 Å². The number of fused-ring (bicyclic) bond motifs is 3. The number of nitrogens with zero attached hydrogens (tertiary/aromatic N) is 1. The Labute approximate surface area is 269 Å². The summed E-state index contributed by atoms with van der Waals surface area (Å²) >= 11 is 0. The standard InChI is InChI=1S/C34H47N3O9/c1-5-6-7-8-9-10-11-12-13-14-20(38)36-19-16-15-18-17(2)21-23(28(40)22(18)27(19)39)31(43)34(46)25(29(21)41)26(37(3)4)30(42)24(32(34)44)33(35)45/h15-17,21,25-26,29,39-41,44,46H,5-14H2,1-4H3,(H2,35,45)(H,36,38)/t17-,21?,25?,26-,29-,34-/m0/s1. The second-order valence-electron chi connectivity index (χ2n) is 13.1. The molecule has 1 aromatic rings. The first-order valence-corrected chi connectivity index (χ1v) is 16.2. The van der Waals surface area contributed by atoms with E-state index in [4.69, 9.17) is 5.73 Å². The first-order valence-electron chi connectivity index (χ1n) is 16.2. The molecule has 4 rings (SSSR count). The van der Waals surface area contributed by atoms with Crippen molar-refractivity contribution in [3.8, 4) is 5.75 Å². The fraction of sp³-hybridized carbons (Fsp3) is 0.588. The van der Waals surface area contributed by atoms with Crippen molar-refractivity contribution in [2.45, 2.75) is 102 Å². The number of anilines is 1. The van der Waals surface area contributed by atoms with Gasteiger partial charge in [-0.15, -0.1) is 0 Å². The molecule has 3 aliphatic rings. The van der Waals surface area contributed by atoms with Crippen molar-refractivity contribution < 1.29 is 44.7 Å². The molecule has 0 aromatic heterocycles. The summed E-state index contributed by atoms with van der Waals surface area (Å²) in [4.78, 5) is 53.6. The van der Waals surface area contributed by atoms with Crippen molar-refractivity contribution in [2.75, 3.05) is 19.4 Å².